The summed E-state index contributed by atoms with van der Waals surface area (Å²) in [6.45, 7) is 15.6. The molecule has 0 atom stereocenters. The van der Waals surface area contributed by atoms with Crippen LogP contribution >= 0.6 is 41.2 Å². The van der Waals surface area contributed by atoms with E-state index in [1.54, 1.807) is 0 Å². The van der Waals surface area contributed by atoms with Crippen LogP contribution in [0.2, 0.25) is 12.1 Å². The maximum atomic E-state index is 6.10. The summed E-state index contributed by atoms with van der Waals surface area (Å²) in [7, 11) is 6.54. The van der Waals surface area contributed by atoms with Crippen LogP contribution in [-0.4, -0.2) is 67.8 Å². The van der Waals surface area contributed by atoms with Crippen molar-refractivity contribution in [3.63, 3.8) is 0 Å². The van der Waals surface area contributed by atoms with Gasteiger partial charge in [0.2, 0.25) is 0 Å². The highest BCUT2D eigenvalue weighted by Crippen LogP contribution is 2.45. The van der Waals surface area contributed by atoms with Crippen molar-refractivity contribution in [3.8, 4) is 0 Å². The molecular weight excluding hydrogens is 465 g/mol. The quantitative estimate of drug-likeness (QED) is 0.0920. The Bertz CT molecular complexity index is 314. The molecule has 0 aromatic rings. The monoisotopic (exact) mass is 506 g/mol. The van der Waals surface area contributed by atoms with E-state index in [1.165, 1.54) is 24.9 Å². The fraction of sp³-hybridized carbons (Fsp3) is 1.00. The first-order valence-electron chi connectivity index (χ1n) is 10.7. The third-order valence-electron chi connectivity index (χ3n) is 4.13. The lowest BCUT2D eigenvalue weighted by Gasteiger charge is -2.33. The van der Waals surface area contributed by atoms with E-state index in [4.69, 9.17) is 18.9 Å². The van der Waals surface area contributed by atoms with Gasteiger partial charge in [0.1, 0.15) is 0 Å². The standard InChI is InChI=1S/C18H42O4S4Si2/c1-7-13-27-17(19-9-3,20-10-4)15-23-25-26-24-16-18(21-11-5,22-12-6)28-14-8-2/h7-16,27-28H2,1-6H3. The lowest BCUT2D eigenvalue weighted by molar-refractivity contribution is -0.159. The second-order valence-corrected chi connectivity index (χ2v) is 17.0. The van der Waals surface area contributed by atoms with Crippen LogP contribution in [0.5, 0.6) is 0 Å². The molecule has 28 heavy (non-hydrogen) atoms. The predicted molar refractivity (Wildman–Crippen MR) is 139 cm³/mol. The van der Waals surface area contributed by atoms with Gasteiger partial charge in [-0.05, 0) is 47.3 Å². The lowest BCUT2D eigenvalue weighted by atomic mass is 10.6. The molecule has 4 nitrogen and oxygen atoms in total. The minimum absolute atomic E-state index is 0.309. The summed E-state index contributed by atoms with van der Waals surface area (Å²) in [5.74, 6) is 1.82. The Hall–Kier alpha value is 1.67. The highest BCUT2D eigenvalue weighted by Gasteiger charge is 2.32. The molecular formula is C18H42O4S4Si2. The number of hydrogen-bond acceptors (Lipinski definition) is 8. The van der Waals surface area contributed by atoms with E-state index in [-0.39, 0.29) is 10.8 Å². The zero-order chi connectivity index (χ0) is 21.1. The van der Waals surface area contributed by atoms with Crippen molar-refractivity contribution < 1.29 is 18.9 Å². The van der Waals surface area contributed by atoms with Crippen LogP contribution in [0.1, 0.15) is 54.4 Å². The van der Waals surface area contributed by atoms with E-state index in [0.29, 0.717) is 0 Å². The number of ether oxygens (including phenoxy) is 4. The molecule has 0 amide bonds. The second-order valence-electron chi connectivity index (χ2n) is 6.42. The van der Waals surface area contributed by atoms with Gasteiger partial charge in [-0.2, -0.15) is 0 Å². The van der Waals surface area contributed by atoms with E-state index in [1.807, 2.05) is 41.2 Å². The zero-order valence-electron chi connectivity index (χ0n) is 18.8. The van der Waals surface area contributed by atoms with Crippen LogP contribution in [0.4, 0.5) is 0 Å². The molecule has 170 valence electrons. The van der Waals surface area contributed by atoms with Gasteiger partial charge in [-0.1, -0.05) is 60.4 Å². The van der Waals surface area contributed by atoms with Crippen molar-refractivity contribution in [2.75, 3.05) is 37.9 Å². The highest BCUT2D eigenvalue weighted by molar-refractivity contribution is 9.26. The Kier molecular flexibility index (Phi) is 20.5. The topological polar surface area (TPSA) is 36.9 Å². The normalized spacial score (nSPS) is 13.5. The molecule has 0 saturated carbocycles. The molecule has 0 radical (unpaired) electrons. The maximum Gasteiger partial charge on any atom is 0.154 e. The smallest absolute Gasteiger partial charge is 0.154 e. The first-order chi connectivity index (χ1) is 13.6. The number of hydrogen-bond donors (Lipinski definition) is 0. The minimum Gasteiger partial charge on any atom is -0.354 e. The molecule has 0 spiro atoms. The maximum absolute atomic E-state index is 6.10. The van der Waals surface area contributed by atoms with E-state index in [9.17, 15) is 0 Å². The Morgan fingerprint density at radius 3 is 1.14 bits per heavy atom. The van der Waals surface area contributed by atoms with Gasteiger partial charge < -0.3 is 18.9 Å². The van der Waals surface area contributed by atoms with E-state index in [2.05, 4.69) is 41.5 Å². The molecule has 0 aromatic carbocycles. The molecule has 0 bridgehead atoms. The van der Waals surface area contributed by atoms with E-state index >= 15 is 0 Å². The molecule has 0 aliphatic carbocycles. The summed E-state index contributed by atoms with van der Waals surface area (Å²) in [5.41, 5.74) is -0.617. The van der Waals surface area contributed by atoms with Crippen LogP contribution in [0, 0.1) is 0 Å². The summed E-state index contributed by atoms with van der Waals surface area (Å²) in [5, 5.41) is 0. The molecule has 10 heteroatoms. The summed E-state index contributed by atoms with van der Waals surface area (Å²) < 4.78 is 24.4. The van der Waals surface area contributed by atoms with Gasteiger partial charge in [-0.25, -0.2) is 0 Å². The first kappa shape index (κ1) is 29.7. The van der Waals surface area contributed by atoms with Crippen molar-refractivity contribution in [3.05, 3.63) is 0 Å². The van der Waals surface area contributed by atoms with Crippen molar-refractivity contribution >= 4 is 60.3 Å². The Balaban J connectivity index is 4.46. The molecule has 0 heterocycles. The van der Waals surface area contributed by atoms with Crippen LogP contribution in [-0.2, 0) is 18.9 Å². The lowest BCUT2D eigenvalue weighted by Crippen LogP contribution is -2.45. The van der Waals surface area contributed by atoms with Crippen molar-refractivity contribution in [1.29, 1.82) is 0 Å². The largest absolute Gasteiger partial charge is 0.354 e. The molecule has 0 rings (SSSR count). The van der Waals surface area contributed by atoms with Gasteiger partial charge >= 0.3 is 0 Å². The van der Waals surface area contributed by atoms with Crippen LogP contribution < -0.4 is 0 Å². The SMILES string of the molecule is CCC[SiH2]C(CSSSSCC(OCC)(OCC)[SiH2]CCC)(OCC)OCC. The van der Waals surface area contributed by atoms with Crippen molar-refractivity contribution in [2.45, 2.75) is 77.3 Å². The molecule has 0 aliphatic rings. The summed E-state index contributed by atoms with van der Waals surface area (Å²) in [6.07, 6.45) is 2.43. The minimum atomic E-state index is -0.418. The average Bonchev–Trinajstić information content (AvgIpc) is 2.68. The second kappa shape index (κ2) is 19.4. The molecule has 0 unspecified atom stereocenters. The Morgan fingerprint density at radius 2 is 0.893 bits per heavy atom. The van der Waals surface area contributed by atoms with E-state index < -0.39 is 19.0 Å². The van der Waals surface area contributed by atoms with Crippen LogP contribution in [0.25, 0.3) is 0 Å². The van der Waals surface area contributed by atoms with Gasteiger partial charge in [-0.3, -0.25) is 0 Å². The molecule has 0 fully saturated rings. The third kappa shape index (κ3) is 13.2. The fourth-order valence-corrected chi connectivity index (χ4v) is 14.9. The van der Waals surface area contributed by atoms with Gasteiger partial charge in [-0.15, -0.1) is 0 Å². The number of rotatable bonds is 21. The zero-order valence-corrected chi connectivity index (χ0v) is 24.8. The molecule has 0 N–H and O–H groups in total. The van der Waals surface area contributed by atoms with Crippen LogP contribution in [0.3, 0.4) is 0 Å². The van der Waals surface area contributed by atoms with Gasteiger partial charge in [0.25, 0.3) is 0 Å². The van der Waals surface area contributed by atoms with Gasteiger partial charge in [0.15, 0.2) is 10.8 Å². The van der Waals surface area contributed by atoms with Gasteiger partial charge in [0, 0.05) is 26.4 Å². The van der Waals surface area contributed by atoms with Crippen molar-refractivity contribution in [2.24, 2.45) is 0 Å². The molecule has 0 saturated heterocycles. The third-order valence-corrected chi connectivity index (χ3v) is 16.4. The Morgan fingerprint density at radius 1 is 0.571 bits per heavy atom. The predicted octanol–water partition coefficient (Wildman–Crippen LogP) is 5.11. The van der Waals surface area contributed by atoms with Crippen LogP contribution in [0.15, 0.2) is 0 Å². The fourth-order valence-electron chi connectivity index (χ4n) is 2.89. The summed E-state index contributed by atoms with van der Waals surface area (Å²) in [4.78, 5) is 0. The van der Waals surface area contributed by atoms with Crippen molar-refractivity contribution in [1.82, 2.24) is 0 Å². The Labute approximate surface area is 193 Å². The summed E-state index contributed by atoms with van der Waals surface area (Å²) in [6, 6.07) is 2.53. The first-order valence-corrected chi connectivity index (χ1v) is 19.3. The highest BCUT2D eigenvalue weighted by atomic mass is 33.7. The molecule has 0 aromatic heterocycles. The molecule has 0 aliphatic heterocycles. The van der Waals surface area contributed by atoms with E-state index in [0.717, 1.165) is 37.9 Å². The summed E-state index contributed by atoms with van der Waals surface area (Å²) >= 11 is 0. The average molecular weight is 507 g/mol. The van der Waals surface area contributed by atoms with Gasteiger partial charge in [0.05, 0.1) is 30.5 Å².